The zero-order valence-corrected chi connectivity index (χ0v) is 21.5. The Kier molecular flexibility index (Phi) is 9.75. The van der Waals surface area contributed by atoms with Crippen molar-refractivity contribution in [3.05, 3.63) is 89.5 Å². The SMILES string of the molecule is COc1ccnc(C(=O)N[C@@H](C)C(=O)O[C@@H](C)[C@@H](c2ccccc2)c2ccc(F)cc2)c1OCOC(C)=O. The third kappa shape index (κ3) is 7.28. The van der Waals surface area contributed by atoms with Gasteiger partial charge in [-0.2, -0.15) is 0 Å². The number of halogens is 1. The van der Waals surface area contributed by atoms with Crippen molar-refractivity contribution in [3.63, 3.8) is 0 Å². The van der Waals surface area contributed by atoms with Gasteiger partial charge in [-0.05, 0) is 37.1 Å². The summed E-state index contributed by atoms with van der Waals surface area (Å²) in [5.41, 5.74) is 1.48. The Balaban J connectivity index is 1.74. The van der Waals surface area contributed by atoms with Crippen LogP contribution < -0.4 is 14.8 Å². The van der Waals surface area contributed by atoms with Gasteiger partial charge < -0.3 is 24.3 Å². The van der Waals surface area contributed by atoms with E-state index >= 15 is 0 Å². The van der Waals surface area contributed by atoms with Crippen molar-refractivity contribution >= 4 is 17.8 Å². The summed E-state index contributed by atoms with van der Waals surface area (Å²) in [7, 11) is 1.38. The second-order valence-electron chi connectivity index (χ2n) is 8.37. The zero-order valence-electron chi connectivity index (χ0n) is 21.5. The van der Waals surface area contributed by atoms with Crippen LogP contribution in [0.15, 0.2) is 66.9 Å². The van der Waals surface area contributed by atoms with Gasteiger partial charge in [-0.1, -0.05) is 42.5 Å². The molecule has 1 heterocycles. The van der Waals surface area contributed by atoms with Gasteiger partial charge in [0.25, 0.3) is 5.91 Å². The Morgan fingerprint density at radius 3 is 2.26 bits per heavy atom. The molecule has 3 atom stereocenters. The van der Waals surface area contributed by atoms with Crippen molar-refractivity contribution in [3.8, 4) is 11.5 Å². The first-order chi connectivity index (χ1) is 18.2. The number of carbonyl (C=O) groups is 3. The predicted octanol–water partition coefficient (Wildman–Crippen LogP) is 4.01. The molecule has 10 heteroatoms. The van der Waals surface area contributed by atoms with E-state index in [0.717, 1.165) is 11.1 Å². The first-order valence-electron chi connectivity index (χ1n) is 11.8. The number of rotatable bonds is 11. The van der Waals surface area contributed by atoms with E-state index in [1.54, 1.807) is 19.1 Å². The van der Waals surface area contributed by atoms with Gasteiger partial charge in [0.15, 0.2) is 17.2 Å². The van der Waals surface area contributed by atoms with Crippen LogP contribution in [0.4, 0.5) is 4.39 Å². The summed E-state index contributed by atoms with van der Waals surface area (Å²) < 4.78 is 34.7. The molecule has 0 saturated heterocycles. The molecule has 0 fully saturated rings. The van der Waals surface area contributed by atoms with Crippen LogP contribution in [0, 0.1) is 5.82 Å². The molecule has 2 aromatic carbocycles. The summed E-state index contributed by atoms with van der Waals surface area (Å²) in [6.45, 7) is 3.96. The fourth-order valence-electron chi connectivity index (χ4n) is 3.81. The lowest BCUT2D eigenvalue weighted by Gasteiger charge is -2.26. The number of carbonyl (C=O) groups excluding carboxylic acids is 3. The van der Waals surface area contributed by atoms with Gasteiger partial charge in [0, 0.05) is 25.1 Å². The lowest BCUT2D eigenvalue weighted by molar-refractivity contribution is -0.151. The molecule has 3 aromatic rings. The monoisotopic (exact) mass is 524 g/mol. The standard InChI is InChI=1S/C28H29FN2O7/c1-17(31-27(33)25-26(37-16-36-19(3)32)23(35-4)14-15-30-25)28(34)38-18(2)24(20-8-6-5-7-9-20)21-10-12-22(29)13-11-21/h5-15,17-18,24H,16H2,1-4H3,(H,31,33)/t17-,18-,24-/m0/s1. The smallest absolute Gasteiger partial charge is 0.328 e. The summed E-state index contributed by atoms with van der Waals surface area (Å²) in [4.78, 5) is 41.0. The maximum Gasteiger partial charge on any atom is 0.328 e. The molecule has 9 nitrogen and oxygen atoms in total. The van der Waals surface area contributed by atoms with Crippen LogP contribution in [0.1, 0.15) is 48.3 Å². The van der Waals surface area contributed by atoms with Crippen LogP contribution in [0.25, 0.3) is 0 Å². The van der Waals surface area contributed by atoms with E-state index in [1.807, 2.05) is 30.3 Å². The number of hydrogen-bond acceptors (Lipinski definition) is 8. The zero-order chi connectivity index (χ0) is 27.7. The quantitative estimate of drug-likeness (QED) is 0.296. The van der Waals surface area contributed by atoms with Crippen molar-refractivity contribution in [2.75, 3.05) is 13.9 Å². The highest BCUT2D eigenvalue weighted by molar-refractivity contribution is 5.98. The second-order valence-corrected chi connectivity index (χ2v) is 8.37. The average molecular weight is 525 g/mol. The number of ether oxygens (including phenoxy) is 4. The normalized spacial score (nSPS) is 13.0. The molecule has 3 rings (SSSR count). The molecule has 1 aromatic heterocycles. The largest absolute Gasteiger partial charge is 0.493 e. The molecule has 0 aliphatic carbocycles. The Hall–Kier alpha value is -4.47. The number of methoxy groups -OCH3 is 1. The molecule has 1 N–H and O–H groups in total. The maximum atomic E-state index is 13.5. The number of nitrogens with zero attached hydrogens (tertiary/aromatic N) is 1. The van der Waals surface area contributed by atoms with Crippen LogP contribution in [0.3, 0.4) is 0 Å². The molecular weight excluding hydrogens is 495 g/mol. The van der Waals surface area contributed by atoms with E-state index < -0.39 is 36.8 Å². The van der Waals surface area contributed by atoms with E-state index in [-0.39, 0.29) is 28.9 Å². The Bertz CT molecular complexity index is 1250. The number of nitrogens with one attached hydrogen (secondary N) is 1. The van der Waals surface area contributed by atoms with E-state index in [9.17, 15) is 18.8 Å². The number of hydrogen-bond donors (Lipinski definition) is 1. The van der Waals surface area contributed by atoms with E-state index in [4.69, 9.17) is 18.9 Å². The minimum atomic E-state index is -1.05. The van der Waals surface area contributed by atoms with Crippen LogP contribution >= 0.6 is 0 Å². The molecule has 38 heavy (non-hydrogen) atoms. The fourth-order valence-corrected chi connectivity index (χ4v) is 3.81. The highest BCUT2D eigenvalue weighted by Crippen LogP contribution is 2.31. The third-order valence-electron chi connectivity index (χ3n) is 5.63. The highest BCUT2D eigenvalue weighted by atomic mass is 19.1. The summed E-state index contributed by atoms with van der Waals surface area (Å²) in [6.07, 6.45) is 0.692. The maximum absolute atomic E-state index is 13.5. The number of amides is 1. The molecule has 0 radical (unpaired) electrons. The lowest BCUT2D eigenvalue weighted by Crippen LogP contribution is -2.41. The minimum Gasteiger partial charge on any atom is -0.493 e. The van der Waals surface area contributed by atoms with Crippen LogP contribution in [0.2, 0.25) is 0 Å². The lowest BCUT2D eigenvalue weighted by atomic mass is 9.87. The van der Waals surface area contributed by atoms with Crippen molar-refractivity contribution in [2.24, 2.45) is 0 Å². The molecular formula is C28H29FN2O7. The van der Waals surface area contributed by atoms with Gasteiger partial charge in [0.05, 0.1) is 7.11 Å². The van der Waals surface area contributed by atoms with Gasteiger partial charge in [0.1, 0.15) is 18.0 Å². The first-order valence-corrected chi connectivity index (χ1v) is 11.8. The summed E-state index contributed by atoms with van der Waals surface area (Å²) in [6, 6.07) is 15.8. The van der Waals surface area contributed by atoms with Crippen LogP contribution in [-0.2, 0) is 19.1 Å². The fraction of sp³-hybridized carbons (Fsp3) is 0.286. The summed E-state index contributed by atoms with van der Waals surface area (Å²) in [5.74, 6) is -2.59. The van der Waals surface area contributed by atoms with E-state index in [0.29, 0.717) is 0 Å². The van der Waals surface area contributed by atoms with Crippen LogP contribution in [-0.4, -0.2) is 48.9 Å². The summed E-state index contributed by atoms with van der Waals surface area (Å²) >= 11 is 0. The van der Waals surface area contributed by atoms with Crippen molar-refractivity contribution < 1.29 is 37.7 Å². The van der Waals surface area contributed by atoms with Crippen LogP contribution in [0.5, 0.6) is 11.5 Å². The Morgan fingerprint density at radius 1 is 0.974 bits per heavy atom. The molecule has 0 aliphatic heterocycles. The van der Waals surface area contributed by atoms with Crippen molar-refractivity contribution in [1.82, 2.24) is 10.3 Å². The van der Waals surface area contributed by atoms with E-state index in [2.05, 4.69) is 10.3 Å². The van der Waals surface area contributed by atoms with Gasteiger partial charge in [0.2, 0.25) is 6.79 Å². The molecule has 1 amide bonds. The highest BCUT2D eigenvalue weighted by Gasteiger charge is 2.29. The summed E-state index contributed by atoms with van der Waals surface area (Å²) in [5, 5.41) is 2.55. The Morgan fingerprint density at radius 2 is 1.63 bits per heavy atom. The van der Waals surface area contributed by atoms with Crippen molar-refractivity contribution in [1.29, 1.82) is 0 Å². The minimum absolute atomic E-state index is 0.0527. The van der Waals surface area contributed by atoms with Gasteiger partial charge in [-0.15, -0.1) is 0 Å². The van der Waals surface area contributed by atoms with Gasteiger partial charge >= 0.3 is 11.9 Å². The second kappa shape index (κ2) is 13.2. The number of aromatic nitrogens is 1. The molecule has 0 saturated carbocycles. The molecule has 0 bridgehead atoms. The Labute approximate surface area is 219 Å². The molecule has 0 unspecified atom stereocenters. The number of pyridine rings is 1. The molecule has 0 aliphatic rings. The average Bonchev–Trinajstić information content (AvgIpc) is 2.90. The topological polar surface area (TPSA) is 113 Å². The molecule has 200 valence electrons. The van der Waals surface area contributed by atoms with Gasteiger partial charge in [-0.25, -0.2) is 14.2 Å². The molecule has 0 spiro atoms. The third-order valence-corrected chi connectivity index (χ3v) is 5.63. The number of esters is 2. The first kappa shape index (κ1) is 28.1. The predicted molar refractivity (Wildman–Crippen MR) is 135 cm³/mol. The number of benzene rings is 2. The van der Waals surface area contributed by atoms with Gasteiger partial charge in [-0.3, -0.25) is 9.59 Å². The van der Waals surface area contributed by atoms with E-state index in [1.165, 1.54) is 45.4 Å². The van der Waals surface area contributed by atoms with Crippen molar-refractivity contribution in [2.45, 2.75) is 38.8 Å².